The molecule has 0 aliphatic carbocycles. The average molecular weight is 350 g/mol. The maximum Gasteiger partial charge on any atom is 0.228 e. The summed E-state index contributed by atoms with van der Waals surface area (Å²) >= 11 is 6.48. The van der Waals surface area contributed by atoms with Crippen LogP contribution in [0.4, 0.5) is 0 Å². The Hall–Kier alpha value is -1.63. The molecule has 0 aliphatic heterocycles. The van der Waals surface area contributed by atoms with Crippen LogP contribution in [-0.4, -0.2) is 29.2 Å². The molecule has 5 nitrogen and oxygen atoms in total. The van der Waals surface area contributed by atoms with Crippen LogP contribution in [0.3, 0.4) is 0 Å². The van der Waals surface area contributed by atoms with Crippen molar-refractivity contribution in [1.82, 2.24) is 14.5 Å². The SMILES string of the molecule is C[Si](C)(C)CCOCn1ccc2c(Cl)c(-c3ncco3)cnc21. The van der Waals surface area contributed by atoms with Gasteiger partial charge in [0.2, 0.25) is 5.89 Å². The van der Waals surface area contributed by atoms with Gasteiger partial charge in [-0.3, -0.25) is 0 Å². The zero-order valence-corrected chi connectivity index (χ0v) is 15.3. The lowest BCUT2D eigenvalue weighted by Gasteiger charge is -2.15. The van der Waals surface area contributed by atoms with Gasteiger partial charge in [-0.05, 0) is 12.1 Å². The number of oxazole rings is 1. The van der Waals surface area contributed by atoms with Crippen LogP contribution in [0.2, 0.25) is 30.7 Å². The molecule has 0 N–H and O–H groups in total. The lowest BCUT2D eigenvalue weighted by molar-refractivity contribution is 0.0899. The number of hydrogen-bond donors (Lipinski definition) is 0. The van der Waals surface area contributed by atoms with E-state index in [1.54, 1.807) is 12.4 Å². The van der Waals surface area contributed by atoms with Crippen molar-refractivity contribution in [3.63, 3.8) is 0 Å². The quantitative estimate of drug-likeness (QED) is 0.480. The number of aromatic nitrogens is 3. The Balaban J connectivity index is 1.78. The Morgan fingerprint density at radius 3 is 2.83 bits per heavy atom. The second kappa shape index (κ2) is 6.47. The second-order valence-corrected chi connectivity index (χ2v) is 12.7. The van der Waals surface area contributed by atoms with Crippen LogP contribution >= 0.6 is 11.6 Å². The van der Waals surface area contributed by atoms with Crippen molar-refractivity contribution in [2.45, 2.75) is 32.4 Å². The third kappa shape index (κ3) is 3.65. The Kier molecular flexibility index (Phi) is 4.56. The van der Waals surface area contributed by atoms with E-state index < -0.39 is 8.07 Å². The summed E-state index contributed by atoms with van der Waals surface area (Å²) in [6.07, 6.45) is 6.74. The molecule has 0 saturated carbocycles. The molecule has 0 unspecified atom stereocenters. The van der Waals surface area contributed by atoms with Crippen molar-refractivity contribution >= 4 is 30.7 Å². The van der Waals surface area contributed by atoms with Crippen molar-refractivity contribution in [3.05, 3.63) is 35.9 Å². The van der Waals surface area contributed by atoms with Gasteiger partial charge in [0.05, 0.1) is 16.8 Å². The van der Waals surface area contributed by atoms with Crippen molar-refractivity contribution in [2.75, 3.05) is 6.61 Å². The predicted octanol–water partition coefficient (Wildman–Crippen LogP) is 4.66. The molecular weight excluding hydrogens is 330 g/mol. The van der Waals surface area contributed by atoms with Gasteiger partial charge in [0, 0.05) is 32.5 Å². The smallest absolute Gasteiger partial charge is 0.228 e. The monoisotopic (exact) mass is 349 g/mol. The minimum absolute atomic E-state index is 0.475. The minimum Gasteiger partial charge on any atom is -0.444 e. The van der Waals surface area contributed by atoms with Crippen molar-refractivity contribution in [2.24, 2.45) is 0 Å². The molecule has 3 rings (SSSR count). The van der Waals surface area contributed by atoms with Gasteiger partial charge in [0.1, 0.15) is 18.6 Å². The largest absolute Gasteiger partial charge is 0.444 e. The van der Waals surface area contributed by atoms with Crippen LogP contribution in [0.5, 0.6) is 0 Å². The molecule has 122 valence electrons. The van der Waals surface area contributed by atoms with E-state index in [1.165, 1.54) is 6.26 Å². The number of fused-ring (bicyclic) bond motifs is 1. The third-order valence-corrected chi connectivity index (χ3v) is 5.72. The summed E-state index contributed by atoms with van der Waals surface area (Å²) < 4.78 is 13.1. The summed E-state index contributed by atoms with van der Waals surface area (Å²) in [6.45, 7) is 8.28. The van der Waals surface area contributed by atoms with Gasteiger partial charge in [-0.25, -0.2) is 9.97 Å². The first-order chi connectivity index (χ1) is 11.0. The van der Waals surface area contributed by atoms with E-state index in [0.29, 0.717) is 23.2 Å². The first-order valence-corrected chi connectivity index (χ1v) is 11.7. The van der Waals surface area contributed by atoms with Crippen LogP contribution in [0.15, 0.2) is 35.3 Å². The van der Waals surface area contributed by atoms with Crippen molar-refractivity contribution in [3.8, 4) is 11.5 Å². The molecule has 3 aromatic rings. The highest BCUT2D eigenvalue weighted by Gasteiger charge is 2.15. The van der Waals surface area contributed by atoms with E-state index >= 15 is 0 Å². The fourth-order valence-electron chi connectivity index (χ4n) is 2.26. The molecule has 0 aromatic carbocycles. The van der Waals surface area contributed by atoms with Crippen molar-refractivity contribution < 1.29 is 9.15 Å². The van der Waals surface area contributed by atoms with Gasteiger partial charge in [-0.2, -0.15) is 0 Å². The van der Waals surface area contributed by atoms with Gasteiger partial charge in [0.25, 0.3) is 0 Å². The van der Waals surface area contributed by atoms with Crippen LogP contribution in [-0.2, 0) is 11.5 Å². The van der Waals surface area contributed by atoms with Crippen molar-refractivity contribution in [1.29, 1.82) is 0 Å². The number of pyridine rings is 1. The van der Waals surface area contributed by atoms with E-state index in [0.717, 1.165) is 23.7 Å². The number of ether oxygens (including phenoxy) is 1. The van der Waals surface area contributed by atoms with Crippen LogP contribution in [0.25, 0.3) is 22.5 Å². The van der Waals surface area contributed by atoms with E-state index in [4.69, 9.17) is 20.8 Å². The second-order valence-electron chi connectivity index (χ2n) is 6.69. The summed E-state index contributed by atoms with van der Waals surface area (Å²) in [5.74, 6) is 0.475. The average Bonchev–Trinajstić information content (AvgIpc) is 3.13. The third-order valence-electron chi connectivity index (χ3n) is 3.61. The molecule has 0 spiro atoms. The first-order valence-electron chi connectivity index (χ1n) is 7.57. The minimum atomic E-state index is -1.07. The predicted molar refractivity (Wildman–Crippen MR) is 94.3 cm³/mol. The zero-order valence-electron chi connectivity index (χ0n) is 13.5. The molecule has 3 heterocycles. The Morgan fingerprint density at radius 1 is 1.30 bits per heavy atom. The van der Waals surface area contributed by atoms with Gasteiger partial charge >= 0.3 is 0 Å². The summed E-state index contributed by atoms with van der Waals surface area (Å²) in [5, 5.41) is 1.47. The van der Waals surface area contributed by atoms with E-state index in [9.17, 15) is 0 Å². The summed E-state index contributed by atoms with van der Waals surface area (Å²) in [6, 6.07) is 3.09. The summed E-state index contributed by atoms with van der Waals surface area (Å²) in [7, 11) is -1.07. The van der Waals surface area contributed by atoms with E-state index in [-0.39, 0.29) is 0 Å². The highest BCUT2D eigenvalue weighted by atomic mass is 35.5. The topological polar surface area (TPSA) is 53.1 Å². The molecule has 7 heteroatoms. The first kappa shape index (κ1) is 16.2. The molecular formula is C16H20ClN3O2Si. The molecule has 0 saturated heterocycles. The van der Waals surface area contributed by atoms with E-state index in [1.807, 2.05) is 16.8 Å². The lowest BCUT2D eigenvalue weighted by Crippen LogP contribution is -2.22. The molecule has 0 bridgehead atoms. The normalized spacial score (nSPS) is 12.2. The van der Waals surface area contributed by atoms with Gasteiger partial charge in [-0.1, -0.05) is 31.2 Å². The molecule has 0 aliphatic rings. The van der Waals surface area contributed by atoms with Crippen LogP contribution in [0.1, 0.15) is 0 Å². The fourth-order valence-corrected chi connectivity index (χ4v) is 3.29. The summed E-state index contributed by atoms with van der Waals surface area (Å²) in [5.41, 5.74) is 1.50. The van der Waals surface area contributed by atoms with E-state index in [2.05, 4.69) is 29.6 Å². The van der Waals surface area contributed by atoms with Gasteiger partial charge in [0.15, 0.2) is 0 Å². The van der Waals surface area contributed by atoms with Gasteiger partial charge in [-0.15, -0.1) is 0 Å². The Labute approximate surface area is 141 Å². The molecule has 0 radical (unpaired) electrons. The van der Waals surface area contributed by atoms with Crippen LogP contribution in [0, 0.1) is 0 Å². The fraction of sp³-hybridized carbons (Fsp3) is 0.375. The summed E-state index contributed by atoms with van der Waals surface area (Å²) in [4.78, 5) is 8.62. The highest BCUT2D eigenvalue weighted by Crippen LogP contribution is 2.32. The number of rotatable bonds is 6. The number of nitrogens with zero attached hydrogens (tertiary/aromatic N) is 3. The molecule has 0 amide bonds. The maximum atomic E-state index is 6.48. The van der Waals surface area contributed by atoms with Crippen LogP contribution < -0.4 is 0 Å². The number of hydrogen-bond acceptors (Lipinski definition) is 4. The highest BCUT2D eigenvalue weighted by molar-refractivity contribution is 6.76. The Morgan fingerprint density at radius 2 is 2.13 bits per heavy atom. The Bertz CT molecular complexity index is 794. The maximum absolute atomic E-state index is 6.48. The molecule has 23 heavy (non-hydrogen) atoms. The molecule has 0 atom stereocenters. The number of halogens is 1. The standard InChI is InChI=1S/C16H20ClN3O2Si/c1-23(2,3)9-8-21-11-20-6-4-12-14(17)13(10-19-15(12)20)16-18-5-7-22-16/h4-7,10H,8-9,11H2,1-3H3. The zero-order chi connectivity index (χ0) is 16.4. The lowest BCUT2D eigenvalue weighted by atomic mass is 10.2. The molecule has 3 aromatic heterocycles. The van der Waals surface area contributed by atoms with Gasteiger partial charge < -0.3 is 13.7 Å². The molecule has 0 fully saturated rings.